The number of urea groups is 1. The molecule has 1 saturated heterocycles. The largest absolute Gasteiger partial charge is 0.872 e. The van der Waals surface area contributed by atoms with Crippen molar-refractivity contribution < 1.29 is 14.7 Å². The normalized spacial score (nSPS) is 18.4. The van der Waals surface area contributed by atoms with Gasteiger partial charge >= 0.3 is 17.8 Å². The van der Waals surface area contributed by atoms with Gasteiger partial charge in [0.15, 0.2) is 0 Å². The van der Waals surface area contributed by atoms with Gasteiger partial charge in [-0.3, -0.25) is 9.69 Å². The molecule has 0 radical (unpaired) electrons. The highest BCUT2D eigenvalue weighted by atomic mass is 35.5. The third-order valence-corrected chi connectivity index (χ3v) is 5.43. The van der Waals surface area contributed by atoms with Crippen LogP contribution >= 0.6 is 11.6 Å². The van der Waals surface area contributed by atoms with E-state index < -0.39 is 18.0 Å². The van der Waals surface area contributed by atoms with Crippen molar-refractivity contribution in [1.29, 1.82) is 0 Å². The lowest BCUT2D eigenvalue weighted by Gasteiger charge is -2.31. The Hall–Kier alpha value is -3.81. The summed E-state index contributed by atoms with van der Waals surface area (Å²) in [7, 11) is 3.00. The van der Waals surface area contributed by atoms with E-state index in [-0.39, 0.29) is 18.3 Å². The van der Waals surface area contributed by atoms with Crippen molar-refractivity contribution in [2.75, 3.05) is 14.1 Å². The van der Waals surface area contributed by atoms with Crippen molar-refractivity contribution in [2.24, 2.45) is 5.10 Å². The number of imide groups is 1. The number of amidine groups is 1. The van der Waals surface area contributed by atoms with Crippen LogP contribution in [0.3, 0.4) is 0 Å². The van der Waals surface area contributed by atoms with Gasteiger partial charge in [-0.15, -0.1) is 10.9 Å². The van der Waals surface area contributed by atoms with E-state index in [2.05, 4.69) is 15.2 Å². The minimum Gasteiger partial charge on any atom is -0.872 e. The maximum Gasteiger partial charge on any atom is 0.421 e. The predicted octanol–water partition coefficient (Wildman–Crippen LogP) is 0.567. The number of amides is 3. The van der Waals surface area contributed by atoms with E-state index in [0.29, 0.717) is 16.4 Å². The van der Waals surface area contributed by atoms with Crippen LogP contribution in [-0.4, -0.2) is 64.8 Å². The van der Waals surface area contributed by atoms with Crippen molar-refractivity contribution in [3.8, 4) is 5.75 Å². The van der Waals surface area contributed by atoms with Crippen LogP contribution in [0.4, 0.5) is 4.79 Å². The molecule has 31 heavy (non-hydrogen) atoms. The van der Waals surface area contributed by atoms with Gasteiger partial charge in [0.2, 0.25) is 6.04 Å². The number of guanidine groups is 1. The topological polar surface area (TPSA) is 105 Å². The van der Waals surface area contributed by atoms with E-state index >= 15 is 0 Å². The Morgan fingerprint density at radius 3 is 2.68 bits per heavy atom. The Morgan fingerprint density at radius 2 is 1.94 bits per heavy atom. The molecule has 0 aromatic heterocycles. The summed E-state index contributed by atoms with van der Waals surface area (Å²) in [6.07, 6.45) is 1.48. The lowest BCUT2D eigenvalue weighted by Crippen LogP contribution is -2.63. The number of benzene rings is 2. The first-order valence-electron chi connectivity index (χ1n) is 9.44. The van der Waals surface area contributed by atoms with Gasteiger partial charge in [-0.1, -0.05) is 54.1 Å². The molecule has 9 nitrogen and oxygen atoms in total. The number of nitrogens with zero attached hydrogens (tertiary/aromatic N) is 5. The molecule has 3 amide bonds. The number of carbonyl (C=O) groups is 2. The van der Waals surface area contributed by atoms with E-state index in [4.69, 9.17) is 11.6 Å². The first-order valence-corrected chi connectivity index (χ1v) is 9.81. The molecule has 2 heterocycles. The summed E-state index contributed by atoms with van der Waals surface area (Å²) in [4.78, 5) is 29.4. The van der Waals surface area contributed by atoms with Gasteiger partial charge in [0, 0.05) is 17.6 Å². The Balaban J connectivity index is 1.67. The first-order chi connectivity index (χ1) is 14.9. The third kappa shape index (κ3) is 3.84. The highest BCUT2D eigenvalue weighted by Crippen LogP contribution is 2.23. The SMILES string of the molecule is CN1C(=O)C2C(=[N+]=C(N/N=C/c3cccc([O-])c3)N2Cc2ccccc2Cl)N(C)C1=O. The summed E-state index contributed by atoms with van der Waals surface area (Å²) < 4.78 is 4.47. The molecule has 0 bridgehead atoms. The van der Waals surface area contributed by atoms with Crippen LogP contribution in [0.25, 0.3) is 0 Å². The zero-order chi connectivity index (χ0) is 22.1. The van der Waals surface area contributed by atoms with Crippen molar-refractivity contribution in [3.05, 3.63) is 64.7 Å². The second-order valence-electron chi connectivity index (χ2n) is 7.10. The van der Waals surface area contributed by atoms with E-state index in [9.17, 15) is 14.7 Å². The zero-order valence-corrected chi connectivity index (χ0v) is 17.6. The number of rotatable bonds is 4. The van der Waals surface area contributed by atoms with Gasteiger partial charge in [0.25, 0.3) is 5.91 Å². The van der Waals surface area contributed by atoms with Gasteiger partial charge < -0.3 is 5.11 Å². The molecule has 158 valence electrons. The monoisotopic (exact) mass is 438 g/mol. The number of fused-ring (bicyclic) bond motifs is 1. The smallest absolute Gasteiger partial charge is 0.421 e. The van der Waals surface area contributed by atoms with Crippen LogP contribution in [0.5, 0.6) is 5.75 Å². The van der Waals surface area contributed by atoms with Gasteiger partial charge in [-0.05, 0) is 11.6 Å². The fourth-order valence-electron chi connectivity index (χ4n) is 3.42. The molecule has 1 fully saturated rings. The lowest BCUT2D eigenvalue weighted by atomic mass is 10.1. The van der Waals surface area contributed by atoms with Crippen LogP contribution in [-0.2, 0) is 11.3 Å². The fraction of sp³-hybridized carbons (Fsp3) is 0.190. The van der Waals surface area contributed by atoms with Crippen molar-refractivity contribution in [3.63, 3.8) is 0 Å². The molecule has 1 unspecified atom stereocenters. The molecule has 10 heteroatoms. The van der Waals surface area contributed by atoms with Gasteiger partial charge in [0.05, 0.1) is 19.8 Å². The number of nitrogens with one attached hydrogen (secondary N) is 1. The number of likely N-dealkylation sites (N-methyl/N-ethyl adjacent to an activating group) is 2. The minimum absolute atomic E-state index is 0.127. The van der Waals surface area contributed by atoms with E-state index in [1.807, 2.05) is 18.2 Å². The molecule has 2 aromatic carbocycles. The van der Waals surface area contributed by atoms with Crippen LogP contribution in [0.2, 0.25) is 5.02 Å². The maximum atomic E-state index is 12.9. The molecule has 4 rings (SSSR count). The molecule has 0 spiro atoms. The molecule has 2 aliphatic heterocycles. The molecular weight excluding hydrogens is 420 g/mol. The Kier molecular flexibility index (Phi) is 5.37. The molecule has 1 N–H and O–H groups in total. The average Bonchev–Trinajstić information content (AvgIpc) is 3.11. The quantitative estimate of drug-likeness (QED) is 0.427. The first kappa shape index (κ1) is 20.5. The number of hydrazone groups is 1. The summed E-state index contributed by atoms with van der Waals surface area (Å²) >= 11 is 6.33. The zero-order valence-electron chi connectivity index (χ0n) is 16.8. The van der Waals surface area contributed by atoms with Crippen LogP contribution < -0.4 is 15.2 Å². The fourth-order valence-corrected chi connectivity index (χ4v) is 3.62. The van der Waals surface area contributed by atoms with Gasteiger partial charge in [0.1, 0.15) is 0 Å². The van der Waals surface area contributed by atoms with Crippen molar-refractivity contribution >= 4 is 41.5 Å². The molecule has 0 saturated carbocycles. The van der Waals surface area contributed by atoms with Crippen molar-refractivity contribution in [2.45, 2.75) is 12.6 Å². The molecule has 2 aromatic rings. The Bertz CT molecular complexity index is 1160. The van der Waals surface area contributed by atoms with Gasteiger partial charge in [-0.2, -0.15) is 5.43 Å². The summed E-state index contributed by atoms with van der Waals surface area (Å²) in [6, 6.07) is 12.3. The Labute approximate surface area is 183 Å². The van der Waals surface area contributed by atoms with Gasteiger partial charge in [-0.25, -0.2) is 19.3 Å². The minimum atomic E-state index is -0.799. The summed E-state index contributed by atoms with van der Waals surface area (Å²) in [5.41, 5.74) is 4.24. The lowest BCUT2D eigenvalue weighted by molar-refractivity contribution is -0.268. The standard InChI is InChI=1S/C21H19ClN6O3/c1-26-18-17(19(30)27(2)21(26)31)28(12-14-7-3-4-9-16(14)22)20(24-18)25-23-11-13-6-5-8-15(29)10-13/h3-11,17,29H,12H2,1-2H3/b23-11+. The van der Waals surface area contributed by atoms with E-state index in [1.165, 1.54) is 30.3 Å². The van der Waals surface area contributed by atoms with Crippen LogP contribution in [0, 0.1) is 0 Å². The molecular formula is C21H19ClN6O3. The third-order valence-electron chi connectivity index (χ3n) is 5.07. The molecule has 1 atom stereocenters. The Morgan fingerprint density at radius 1 is 1.16 bits per heavy atom. The number of halogens is 1. The second kappa shape index (κ2) is 8.14. The highest BCUT2D eigenvalue weighted by Gasteiger charge is 2.54. The molecule has 2 aliphatic rings. The summed E-state index contributed by atoms with van der Waals surface area (Å²) in [5.74, 6) is 0.0729. The predicted molar refractivity (Wildman–Crippen MR) is 115 cm³/mol. The summed E-state index contributed by atoms with van der Waals surface area (Å²) in [6.45, 7) is 0.271. The molecule has 0 aliphatic carbocycles. The highest BCUT2D eigenvalue weighted by molar-refractivity contribution is 6.31. The van der Waals surface area contributed by atoms with E-state index in [0.717, 1.165) is 10.5 Å². The number of carbonyl (C=O) groups excluding carboxylic acids is 2. The van der Waals surface area contributed by atoms with E-state index in [1.54, 1.807) is 30.1 Å². The number of hydrogen-bond donors (Lipinski definition) is 1. The van der Waals surface area contributed by atoms with Crippen LogP contribution in [0.1, 0.15) is 11.1 Å². The summed E-state index contributed by atoms with van der Waals surface area (Å²) in [5, 5.41) is 16.2. The number of hydrogen-bond acceptors (Lipinski definition) is 6. The average molecular weight is 439 g/mol. The van der Waals surface area contributed by atoms with Crippen LogP contribution in [0.15, 0.2) is 53.6 Å². The van der Waals surface area contributed by atoms with Crippen molar-refractivity contribution in [1.82, 2.24) is 24.8 Å². The second-order valence-corrected chi connectivity index (χ2v) is 7.50. The maximum absolute atomic E-state index is 12.9.